The number of nitrogens with one attached hydrogen (secondary N) is 1. The van der Waals surface area contributed by atoms with Crippen molar-refractivity contribution in [1.29, 1.82) is 0 Å². The number of methoxy groups -OCH3 is 1. The van der Waals surface area contributed by atoms with E-state index in [9.17, 15) is 14.4 Å². The lowest BCUT2D eigenvalue weighted by molar-refractivity contribution is -0.147. The predicted molar refractivity (Wildman–Crippen MR) is 70.7 cm³/mol. The maximum Gasteiger partial charge on any atom is 0.326 e. The van der Waals surface area contributed by atoms with Crippen LogP contribution in [-0.4, -0.2) is 66.4 Å². The molecule has 1 heterocycles. The number of carboxylic acid groups (broad SMARTS) is 1. The number of fused-ring (bicyclic) bond motifs is 1. The van der Waals surface area contributed by atoms with Gasteiger partial charge in [-0.05, 0) is 19.3 Å². The molecule has 8 nitrogen and oxygen atoms in total. The molecule has 2 amide bonds. The van der Waals surface area contributed by atoms with Crippen LogP contribution in [0.4, 0.5) is 4.79 Å². The van der Waals surface area contributed by atoms with E-state index in [4.69, 9.17) is 9.84 Å². The number of urea groups is 1. The fourth-order valence-corrected chi connectivity index (χ4v) is 2.86. The van der Waals surface area contributed by atoms with Crippen molar-refractivity contribution in [2.45, 2.75) is 43.9 Å². The zero-order valence-electron chi connectivity index (χ0n) is 11.9. The van der Waals surface area contributed by atoms with Gasteiger partial charge in [0.05, 0.1) is 32.3 Å². The first-order valence-corrected chi connectivity index (χ1v) is 7.01. The molecule has 8 heteroatoms. The van der Waals surface area contributed by atoms with Crippen LogP contribution in [0.5, 0.6) is 0 Å². The maximum atomic E-state index is 12.3. The zero-order chi connectivity index (χ0) is 15.4. The topological polar surface area (TPSA) is 105 Å². The van der Waals surface area contributed by atoms with Gasteiger partial charge < -0.3 is 24.8 Å². The summed E-state index contributed by atoms with van der Waals surface area (Å²) in [6.45, 7) is 0.876. The normalized spacial score (nSPS) is 25.9. The molecule has 0 aromatic rings. The van der Waals surface area contributed by atoms with Crippen molar-refractivity contribution in [2.75, 3.05) is 20.3 Å². The second kappa shape index (κ2) is 6.75. The average molecular weight is 300 g/mol. The molecule has 3 atom stereocenters. The van der Waals surface area contributed by atoms with Crippen LogP contribution >= 0.6 is 0 Å². The van der Waals surface area contributed by atoms with E-state index in [0.717, 1.165) is 19.3 Å². The Morgan fingerprint density at radius 1 is 1.43 bits per heavy atom. The van der Waals surface area contributed by atoms with E-state index in [0.29, 0.717) is 13.2 Å². The Morgan fingerprint density at radius 3 is 2.86 bits per heavy atom. The summed E-state index contributed by atoms with van der Waals surface area (Å²) in [5.41, 5.74) is 0. The minimum absolute atomic E-state index is 0.00804. The summed E-state index contributed by atoms with van der Waals surface area (Å²) < 4.78 is 10.0. The van der Waals surface area contributed by atoms with E-state index in [2.05, 4.69) is 10.1 Å². The first-order valence-electron chi connectivity index (χ1n) is 7.01. The molecular weight excluding hydrogens is 280 g/mol. The molecule has 1 aliphatic carbocycles. The monoisotopic (exact) mass is 300 g/mol. The number of morpholine rings is 1. The Balaban J connectivity index is 1.97. The molecule has 0 spiro atoms. The van der Waals surface area contributed by atoms with E-state index in [1.165, 1.54) is 7.11 Å². The van der Waals surface area contributed by atoms with Crippen LogP contribution in [0.1, 0.15) is 25.7 Å². The number of carbonyl (C=O) groups excluding carboxylic acids is 2. The molecule has 2 fully saturated rings. The van der Waals surface area contributed by atoms with E-state index in [1.54, 1.807) is 4.90 Å². The van der Waals surface area contributed by atoms with Gasteiger partial charge in [-0.2, -0.15) is 0 Å². The number of carboxylic acids is 1. The Bertz CT molecular complexity index is 427. The van der Waals surface area contributed by atoms with E-state index >= 15 is 0 Å². The molecule has 1 aliphatic heterocycles. The predicted octanol–water partition coefficient (Wildman–Crippen LogP) is -0.0344. The van der Waals surface area contributed by atoms with Crippen molar-refractivity contribution in [2.24, 2.45) is 0 Å². The Hall–Kier alpha value is -1.83. The van der Waals surface area contributed by atoms with Gasteiger partial charge in [-0.3, -0.25) is 4.79 Å². The first-order chi connectivity index (χ1) is 10.0. The molecule has 21 heavy (non-hydrogen) atoms. The van der Waals surface area contributed by atoms with Gasteiger partial charge in [0, 0.05) is 6.54 Å². The summed E-state index contributed by atoms with van der Waals surface area (Å²) in [7, 11) is 1.17. The molecule has 0 radical (unpaired) electrons. The number of nitrogens with zero attached hydrogens (tertiary/aromatic N) is 1. The third kappa shape index (κ3) is 3.63. The van der Waals surface area contributed by atoms with Gasteiger partial charge in [0.25, 0.3) is 0 Å². The molecule has 1 saturated heterocycles. The lowest BCUT2D eigenvalue weighted by Gasteiger charge is -2.38. The molecule has 1 saturated carbocycles. The summed E-state index contributed by atoms with van der Waals surface area (Å²) >= 11 is 0. The number of esters is 1. The van der Waals surface area contributed by atoms with Gasteiger partial charge in [-0.15, -0.1) is 0 Å². The number of hydrogen-bond acceptors (Lipinski definition) is 5. The Labute approximate surface area is 122 Å². The molecule has 118 valence electrons. The van der Waals surface area contributed by atoms with Crippen LogP contribution in [0.2, 0.25) is 0 Å². The minimum atomic E-state index is -1.28. The fourth-order valence-electron chi connectivity index (χ4n) is 2.86. The summed E-state index contributed by atoms with van der Waals surface area (Å²) in [4.78, 5) is 36.2. The van der Waals surface area contributed by atoms with Crippen LogP contribution in [0.15, 0.2) is 0 Å². The van der Waals surface area contributed by atoms with E-state index in [-0.39, 0.29) is 12.1 Å². The molecule has 2 rings (SSSR count). The van der Waals surface area contributed by atoms with E-state index in [1.807, 2.05) is 0 Å². The van der Waals surface area contributed by atoms with Crippen molar-refractivity contribution in [3.8, 4) is 0 Å². The van der Waals surface area contributed by atoms with Crippen molar-refractivity contribution in [3.05, 3.63) is 0 Å². The van der Waals surface area contributed by atoms with Gasteiger partial charge in [0.15, 0.2) is 0 Å². The fraction of sp³-hybridized carbons (Fsp3) is 0.769. The zero-order valence-corrected chi connectivity index (χ0v) is 11.9. The lowest BCUT2D eigenvalue weighted by atomic mass is 10.1. The molecule has 0 bridgehead atoms. The largest absolute Gasteiger partial charge is 0.480 e. The van der Waals surface area contributed by atoms with Crippen molar-refractivity contribution in [1.82, 2.24) is 10.2 Å². The number of hydrogen-bond donors (Lipinski definition) is 2. The van der Waals surface area contributed by atoms with Crippen LogP contribution < -0.4 is 5.32 Å². The van der Waals surface area contributed by atoms with Crippen LogP contribution in [0, 0.1) is 0 Å². The highest BCUT2D eigenvalue weighted by Crippen LogP contribution is 2.29. The number of amides is 2. The van der Waals surface area contributed by atoms with Crippen LogP contribution in [0.3, 0.4) is 0 Å². The smallest absolute Gasteiger partial charge is 0.326 e. The average Bonchev–Trinajstić information content (AvgIpc) is 2.94. The van der Waals surface area contributed by atoms with Gasteiger partial charge in [-0.1, -0.05) is 0 Å². The second-order valence-electron chi connectivity index (χ2n) is 5.22. The Kier molecular flexibility index (Phi) is 5.00. The second-order valence-corrected chi connectivity index (χ2v) is 5.22. The van der Waals surface area contributed by atoms with Gasteiger partial charge >= 0.3 is 18.0 Å². The molecule has 0 aromatic heterocycles. The summed E-state index contributed by atoms with van der Waals surface area (Å²) in [6, 6.07) is -1.76. The molecule has 0 aromatic carbocycles. The Morgan fingerprint density at radius 2 is 2.19 bits per heavy atom. The number of rotatable bonds is 4. The van der Waals surface area contributed by atoms with Crippen molar-refractivity contribution >= 4 is 18.0 Å². The molecule has 2 unspecified atom stereocenters. The van der Waals surface area contributed by atoms with Gasteiger partial charge in [-0.25, -0.2) is 9.59 Å². The van der Waals surface area contributed by atoms with Crippen molar-refractivity contribution < 1.29 is 29.0 Å². The summed E-state index contributed by atoms with van der Waals surface area (Å²) in [5, 5.41) is 11.5. The number of carbonyl (C=O) groups is 3. The highest BCUT2D eigenvalue weighted by atomic mass is 16.5. The molecular formula is C13H20N2O6. The quantitative estimate of drug-likeness (QED) is 0.706. The standard InChI is InChI=1S/C13H20N2O6/c1-20-11(16)7-8(12(17)18)14-13(19)15-5-6-21-10-4-2-3-9(10)15/h8-10H,2-7H2,1H3,(H,14,19)(H,17,18)/t8-,9?,10?/m0/s1. The van der Waals surface area contributed by atoms with E-state index < -0.39 is 30.4 Å². The highest BCUT2D eigenvalue weighted by molar-refractivity contribution is 5.86. The third-order valence-electron chi connectivity index (χ3n) is 3.94. The third-order valence-corrected chi connectivity index (χ3v) is 3.94. The first kappa shape index (κ1) is 15.6. The SMILES string of the molecule is COC(=O)C[C@H](NC(=O)N1CCOC2CCCC21)C(=O)O. The maximum absolute atomic E-state index is 12.3. The van der Waals surface area contributed by atoms with Crippen molar-refractivity contribution in [3.63, 3.8) is 0 Å². The van der Waals surface area contributed by atoms with Crippen LogP contribution in [-0.2, 0) is 19.1 Å². The number of ether oxygens (including phenoxy) is 2. The molecule has 2 N–H and O–H groups in total. The number of aliphatic carboxylic acids is 1. The minimum Gasteiger partial charge on any atom is -0.480 e. The van der Waals surface area contributed by atoms with Gasteiger partial charge in [0.2, 0.25) is 0 Å². The highest BCUT2D eigenvalue weighted by Gasteiger charge is 2.39. The van der Waals surface area contributed by atoms with Crippen LogP contribution in [0.25, 0.3) is 0 Å². The lowest BCUT2D eigenvalue weighted by Crippen LogP contribution is -2.57. The summed E-state index contributed by atoms with van der Waals surface area (Å²) in [5.74, 6) is -1.94. The van der Waals surface area contributed by atoms with Gasteiger partial charge in [0.1, 0.15) is 6.04 Å². The molecule has 2 aliphatic rings. The summed E-state index contributed by atoms with van der Waals surface area (Å²) in [6.07, 6.45) is 2.40.